The minimum absolute atomic E-state index is 0. The molecule has 0 bridgehead atoms. The molecule has 0 spiro atoms. The van der Waals surface area contributed by atoms with Crippen LogP contribution in [0.15, 0.2) is 55.4 Å². The van der Waals surface area contributed by atoms with Crippen molar-refractivity contribution in [1.29, 1.82) is 0 Å². The van der Waals surface area contributed by atoms with Gasteiger partial charge in [0.25, 0.3) is 7.12 Å². The third-order valence-electron chi connectivity index (χ3n) is 2.53. The van der Waals surface area contributed by atoms with Crippen molar-refractivity contribution in [2.24, 2.45) is 0 Å². The maximum Gasteiger partial charge on any atom is 0.260 e. The van der Waals surface area contributed by atoms with E-state index in [2.05, 4.69) is 58.0 Å². The van der Waals surface area contributed by atoms with Crippen molar-refractivity contribution < 1.29 is 65.0 Å². The van der Waals surface area contributed by atoms with Crippen molar-refractivity contribution in [3.8, 4) is 11.4 Å². The number of ether oxygens (including phenoxy) is 1. The van der Waals surface area contributed by atoms with E-state index in [1.807, 2.05) is 43.0 Å². The molecule has 0 atom stereocenters. The first-order valence-corrected chi connectivity index (χ1v) is 13.6. The predicted molar refractivity (Wildman–Crippen MR) is 136 cm³/mol. The van der Waals surface area contributed by atoms with E-state index in [1.54, 1.807) is 39.5 Å². The number of rotatable bonds is 3. The first-order valence-electron chi connectivity index (χ1n) is 9.69. The molecule has 22 heteroatoms. The van der Waals surface area contributed by atoms with Crippen LogP contribution in [0.25, 0.3) is 0 Å². The van der Waals surface area contributed by atoms with Gasteiger partial charge in [-0.25, -0.2) is 15.3 Å². The summed E-state index contributed by atoms with van der Waals surface area (Å²) in [7, 11) is -10.3. The second-order valence-electron chi connectivity index (χ2n) is 6.25. The molecule has 8 nitrogen and oxygen atoms in total. The van der Waals surface area contributed by atoms with Gasteiger partial charge in [0.05, 0.1) is 7.11 Å². The van der Waals surface area contributed by atoms with Crippen LogP contribution in [0.3, 0.4) is 0 Å². The zero-order chi connectivity index (χ0) is 30.2. The predicted octanol–water partition coefficient (Wildman–Crippen LogP) is 5.04. The molecule has 0 aliphatic carbocycles. The van der Waals surface area contributed by atoms with Crippen molar-refractivity contribution in [2.75, 3.05) is 33.4 Å². The van der Waals surface area contributed by atoms with Crippen LogP contribution < -0.4 is 0 Å². The monoisotopic (exact) mass is 776 g/mol. The van der Waals surface area contributed by atoms with Crippen molar-refractivity contribution in [1.82, 2.24) is 29.1 Å². The number of aromatic nitrogens is 6. The molecule has 0 N–H and O–H groups in total. The van der Waals surface area contributed by atoms with Crippen molar-refractivity contribution in [3.63, 3.8) is 0 Å². The number of hydrogen-bond donors (Lipinski definition) is 0. The van der Waals surface area contributed by atoms with Crippen LogP contribution in [-0.4, -0.2) is 84.1 Å². The summed E-state index contributed by atoms with van der Waals surface area (Å²) in [5, 5.41) is 15.3. The molecule has 3 aromatic rings. The maximum absolute atomic E-state index is 9.75. The molecule has 3 heterocycles. The topological polar surface area (TPSA) is 82.6 Å². The van der Waals surface area contributed by atoms with Gasteiger partial charge in [-0.1, -0.05) is 11.8 Å². The van der Waals surface area contributed by atoms with E-state index in [0.717, 1.165) is 0 Å². The fraction of sp³-hybridized carbons (Fsp3) is 0.294. The van der Waals surface area contributed by atoms with Gasteiger partial charge in [-0.05, 0) is 63.0 Å². The van der Waals surface area contributed by atoms with Gasteiger partial charge in [-0.15, -0.1) is 7.92 Å². The summed E-state index contributed by atoms with van der Waals surface area (Å²) in [5.74, 6) is 0. The quantitative estimate of drug-likeness (QED) is 0.0932. The van der Waals surface area contributed by atoms with Crippen molar-refractivity contribution in [2.45, 2.75) is 0 Å². The first kappa shape index (κ1) is 43.9. The Morgan fingerprint density at radius 2 is 1.05 bits per heavy atom. The summed E-state index contributed by atoms with van der Waals surface area (Å²) in [6, 6.07) is 5.62. The minimum atomic E-state index is -6.00. The van der Waals surface area contributed by atoms with Crippen LogP contribution in [0.2, 0.25) is 0 Å². The van der Waals surface area contributed by atoms with Gasteiger partial charge in [0.1, 0.15) is 6.11 Å². The molecule has 0 aliphatic heterocycles. The third kappa shape index (κ3) is 35.8. The van der Waals surface area contributed by atoms with Gasteiger partial charge in [0.15, 0.2) is 0 Å². The second kappa shape index (κ2) is 26.1. The zero-order valence-electron chi connectivity index (χ0n) is 21.2. The molecule has 0 aliphatic rings. The Morgan fingerprint density at radius 3 is 1.18 bits per heavy atom. The average Bonchev–Trinajstić information content (AvgIpc) is 3.56. The Bertz CT molecular complexity index is 874. The Hall–Kier alpha value is -2.17. The molecule has 1 radical (unpaired) electrons. The molecule has 0 amide bonds. The molecular weight excluding hydrogens is 752 g/mol. The summed E-state index contributed by atoms with van der Waals surface area (Å²) in [5.41, 5.74) is 0. The van der Waals surface area contributed by atoms with E-state index in [4.69, 9.17) is 4.65 Å². The molecule has 0 saturated carbocycles. The molecule has 3 rings (SSSR count). The summed E-state index contributed by atoms with van der Waals surface area (Å²) in [4.78, 5) is 0. The van der Waals surface area contributed by atoms with Crippen molar-refractivity contribution >= 4 is 41.3 Å². The fourth-order valence-electron chi connectivity index (χ4n) is 1.70. The number of nitrogens with zero attached hydrogens (tertiary/aromatic N) is 6. The van der Waals surface area contributed by atoms with Crippen LogP contribution in [0.1, 0.15) is 0 Å². The number of halogens is 8. The van der Waals surface area contributed by atoms with E-state index >= 15 is 0 Å². The third-order valence-corrected chi connectivity index (χ3v) is 2.82. The summed E-state index contributed by atoms with van der Waals surface area (Å²) in [6.45, 7) is 11.2. The SMILES string of the molecule is COC#CSC.CP(C)C.F[B-](F)(F)F.F[B-](F)(F)F.[C-]#[O+].[W].c1cnn([B-](n2cccn2)n2cccn2)c1. The maximum atomic E-state index is 9.75. The standard InChI is InChI=1S/C9H9BN6.C4H6OS.C3H9P.CO.2BF4.W/c1-4-11-14(7-1)10(15-8-2-5-12-15)16-9-3-6-13-16;1-5-3-4-6-2;1-4(2)3;1-2;2*2-1(3,4)5;/h1-9H;1-2H3;1-3H3;;;;/q-1;;;;2*-1;. The van der Waals surface area contributed by atoms with Gasteiger partial charge in [-0.2, -0.15) is 0 Å². The molecule has 219 valence electrons. The molecule has 39 heavy (non-hydrogen) atoms. The summed E-state index contributed by atoms with van der Waals surface area (Å²) < 4.78 is 95.3. The van der Waals surface area contributed by atoms with E-state index < -0.39 is 14.5 Å². The number of thioether (sulfide) groups is 1. The van der Waals surface area contributed by atoms with E-state index in [1.165, 1.54) is 11.8 Å². The van der Waals surface area contributed by atoms with Crippen LogP contribution in [-0.2, 0) is 30.5 Å². The molecule has 0 unspecified atom stereocenters. The Balaban J connectivity index is -0.000000224. The zero-order valence-corrected chi connectivity index (χ0v) is 25.9. The second-order valence-corrected chi connectivity index (χ2v) is 9.54. The largest absolute Gasteiger partial charge is 0.425 e. The molecule has 0 fully saturated rings. The minimum Gasteiger partial charge on any atom is -0.425 e. The van der Waals surface area contributed by atoms with Crippen LogP contribution in [0.4, 0.5) is 34.5 Å². The molecule has 0 aromatic carbocycles. The van der Waals surface area contributed by atoms with Gasteiger partial charge < -0.3 is 53.0 Å². The van der Waals surface area contributed by atoms with Gasteiger partial charge in [-0.3, -0.25) is 0 Å². The van der Waals surface area contributed by atoms with Crippen LogP contribution >= 0.6 is 19.7 Å². The van der Waals surface area contributed by atoms with Gasteiger partial charge >= 0.3 is 25.8 Å². The molecule has 0 saturated heterocycles. The first-order chi connectivity index (χ1) is 17.6. The van der Waals surface area contributed by atoms with E-state index in [9.17, 15) is 34.5 Å². The molecular formula is C17H24B3F8N6O2PSW-3. The van der Waals surface area contributed by atoms with E-state index in [0.29, 0.717) is 7.92 Å². The average molecular weight is 776 g/mol. The van der Waals surface area contributed by atoms with Crippen LogP contribution in [0.5, 0.6) is 0 Å². The normalized spacial score (nSPS) is 9.46. The number of hydrogen-bond acceptors (Lipinski definition) is 5. The van der Waals surface area contributed by atoms with Gasteiger partial charge in [0, 0.05) is 44.9 Å². The smallest absolute Gasteiger partial charge is 0.260 e. The van der Waals surface area contributed by atoms with Crippen molar-refractivity contribution in [3.05, 3.63) is 62.0 Å². The van der Waals surface area contributed by atoms with E-state index in [-0.39, 0.29) is 28.2 Å². The van der Waals surface area contributed by atoms with Gasteiger partial charge in [0.2, 0.25) is 0 Å². The van der Waals surface area contributed by atoms with Crippen LogP contribution in [0, 0.1) is 18.0 Å². The number of methoxy groups -OCH3 is 1. The Morgan fingerprint density at radius 1 is 0.795 bits per heavy atom. The fourth-order valence-corrected chi connectivity index (χ4v) is 1.87. The Labute approximate surface area is 241 Å². The summed E-state index contributed by atoms with van der Waals surface area (Å²) >= 11 is 1.44. The Kier molecular flexibility index (Phi) is 29.3. The summed E-state index contributed by atoms with van der Waals surface area (Å²) in [6.07, 6.45) is 15.2. The molecule has 3 aromatic heterocycles.